The molecule has 0 aromatic rings. The van der Waals surface area contributed by atoms with Crippen molar-refractivity contribution in [3.05, 3.63) is 36.4 Å². The molecule has 0 amide bonds. The van der Waals surface area contributed by atoms with E-state index in [4.69, 9.17) is 10.1 Å². The number of likely N-dealkylation sites (N-methyl/N-ethyl adjacent to an activating group) is 1. The van der Waals surface area contributed by atoms with Gasteiger partial charge >= 0.3 is 0 Å². The zero-order valence-electron chi connectivity index (χ0n) is 17.1. The van der Waals surface area contributed by atoms with Gasteiger partial charge in [0.25, 0.3) is 0 Å². The average Bonchev–Trinajstić information content (AvgIpc) is 3.06. The zero-order chi connectivity index (χ0) is 20.3. The summed E-state index contributed by atoms with van der Waals surface area (Å²) in [6.07, 6.45) is 7.06. The summed E-state index contributed by atoms with van der Waals surface area (Å²) < 4.78 is 5.95. The molecule has 2 aliphatic heterocycles. The Morgan fingerprint density at radius 1 is 1.43 bits per heavy atom. The average molecular weight is 391 g/mol. The van der Waals surface area contributed by atoms with Gasteiger partial charge in [-0.2, -0.15) is 0 Å². The molecule has 2 heterocycles. The molecule has 1 aliphatic carbocycles. The van der Waals surface area contributed by atoms with Crippen molar-refractivity contribution in [2.24, 2.45) is 5.92 Å². The second-order valence-corrected chi connectivity index (χ2v) is 8.05. The van der Waals surface area contributed by atoms with Crippen molar-refractivity contribution in [1.82, 2.24) is 26.0 Å². The van der Waals surface area contributed by atoms with Gasteiger partial charge < -0.3 is 20.1 Å². The SMILES string of the molecule is C=CNC(=CC(=N)N1CCN(C)[C@H](O)C1)C1NN[C@@H]2CC=C(OC(C)C)C[C@H]12. The van der Waals surface area contributed by atoms with Crippen molar-refractivity contribution >= 4 is 5.84 Å². The molecule has 2 fully saturated rings. The minimum Gasteiger partial charge on any atom is -0.496 e. The molecule has 0 aromatic carbocycles. The van der Waals surface area contributed by atoms with Crippen LogP contribution in [-0.4, -0.2) is 71.8 Å². The number of piperazine rings is 1. The number of nitrogens with zero attached hydrogens (tertiary/aromatic N) is 2. The normalized spacial score (nSPS) is 31.4. The van der Waals surface area contributed by atoms with Gasteiger partial charge in [0.1, 0.15) is 12.1 Å². The number of rotatable bonds is 6. The maximum absolute atomic E-state index is 10.1. The Hall–Kier alpha value is -1.87. The lowest BCUT2D eigenvalue weighted by Crippen LogP contribution is -2.53. The Kier molecular flexibility index (Phi) is 6.77. The number of amidine groups is 1. The van der Waals surface area contributed by atoms with Gasteiger partial charge in [-0.15, -0.1) is 0 Å². The van der Waals surface area contributed by atoms with Gasteiger partial charge in [0, 0.05) is 43.2 Å². The van der Waals surface area contributed by atoms with E-state index in [-0.39, 0.29) is 12.1 Å². The smallest absolute Gasteiger partial charge is 0.124 e. The largest absolute Gasteiger partial charge is 0.496 e. The summed E-state index contributed by atoms with van der Waals surface area (Å²) in [5.74, 6) is 1.76. The van der Waals surface area contributed by atoms with Gasteiger partial charge in [0.05, 0.1) is 24.4 Å². The Labute approximate surface area is 167 Å². The molecule has 28 heavy (non-hydrogen) atoms. The Morgan fingerprint density at radius 2 is 2.21 bits per heavy atom. The van der Waals surface area contributed by atoms with Gasteiger partial charge in [-0.3, -0.25) is 15.7 Å². The quantitative estimate of drug-likeness (QED) is 0.337. The molecule has 3 aliphatic rings. The Bertz CT molecular complexity index is 647. The first-order valence-electron chi connectivity index (χ1n) is 10.1. The molecule has 0 aromatic heterocycles. The highest BCUT2D eigenvalue weighted by Gasteiger charge is 2.40. The molecular weight excluding hydrogens is 356 g/mol. The van der Waals surface area contributed by atoms with Crippen LogP contribution in [0, 0.1) is 11.3 Å². The van der Waals surface area contributed by atoms with E-state index in [1.165, 1.54) is 0 Å². The molecule has 8 heteroatoms. The van der Waals surface area contributed by atoms with Crippen molar-refractivity contribution < 1.29 is 9.84 Å². The van der Waals surface area contributed by atoms with Crippen LogP contribution < -0.4 is 16.2 Å². The number of hydrogen-bond acceptors (Lipinski definition) is 7. The van der Waals surface area contributed by atoms with E-state index in [1.807, 2.05) is 36.8 Å². The van der Waals surface area contributed by atoms with E-state index in [0.717, 1.165) is 37.4 Å². The number of β-amino-alcohol motifs (C(OH)–C–C–N with tert-alkyl or cyclic N) is 1. The maximum atomic E-state index is 10.1. The van der Waals surface area contributed by atoms with Crippen LogP contribution >= 0.6 is 0 Å². The second-order valence-electron chi connectivity index (χ2n) is 8.05. The van der Waals surface area contributed by atoms with Crippen LogP contribution in [0.5, 0.6) is 0 Å². The zero-order valence-corrected chi connectivity index (χ0v) is 17.1. The van der Waals surface area contributed by atoms with E-state index in [0.29, 0.717) is 24.3 Å². The van der Waals surface area contributed by atoms with Crippen LogP contribution in [-0.2, 0) is 4.74 Å². The third-order valence-electron chi connectivity index (χ3n) is 5.64. The van der Waals surface area contributed by atoms with Crippen LogP contribution in [0.3, 0.4) is 0 Å². The van der Waals surface area contributed by atoms with E-state index in [1.54, 1.807) is 6.20 Å². The predicted octanol–water partition coefficient (Wildman–Crippen LogP) is 0.710. The molecule has 4 atom stereocenters. The van der Waals surface area contributed by atoms with E-state index >= 15 is 0 Å². The van der Waals surface area contributed by atoms with Crippen LogP contribution in [0.1, 0.15) is 26.7 Å². The minimum atomic E-state index is -0.548. The lowest BCUT2D eigenvalue weighted by atomic mass is 9.83. The van der Waals surface area contributed by atoms with Gasteiger partial charge in [-0.05, 0) is 39.6 Å². The number of nitrogens with one attached hydrogen (secondary N) is 4. The highest BCUT2D eigenvalue weighted by atomic mass is 16.5. The lowest BCUT2D eigenvalue weighted by molar-refractivity contribution is -0.0219. The summed E-state index contributed by atoms with van der Waals surface area (Å²) >= 11 is 0. The van der Waals surface area contributed by atoms with Crippen LogP contribution in [0.4, 0.5) is 0 Å². The van der Waals surface area contributed by atoms with Crippen molar-refractivity contribution in [1.29, 1.82) is 5.41 Å². The summed E-state index contributed by atoms with van der Waals surface area (Å²) in [6.45, 7) is 9.79. The number of aliphatic hydroxyl groups excluding tert-OH is 1. The topological polar surface area (TPSA) is 95.9 Å². The summed E-state index contributed by atoms with van der Waals surface area (Å²) in [5.41, 5.74) is 7.68. The highest BCUT2D eigenvalue weighted by molar-refractivity contribution is 5.91. The van der Waals surface area contributed by atoms with Crippen LogP contribution in [0.25, 0.3) is 0 Å². The third-order valence-corrected chi connectivity index (χ3v) is 5.64. The Morgan fingerprint density at radius 3 is 2.89 bits per heavy atom. The van der Waals surface area contributed by atoms with Crippen molar-refractivity contribution in [2.45, 2.75) is 51.1 Å². The molecule has 8 nitrogen and oxygen atoms in total. The van der Waals surface area contributed by atoms with Gasteiger partial charge in [0.2, 0.25) is 0 Å². The fourth-order valence-electron chi connectivity index (χ4n) is 4.07. The number of ether oxygens (including phenoxy) is 1. The lowest BCUT2D eigenvalue weighted by Gasteiger charge is -2.37. The predicted molar refractivity (Wildman–Crippen MR) is 110 cm³/mol. The van der Waals surface area contributed by atoms with Gasteiger partial charge in [-0.25, -0.2) is 5.43 Å². The van der Waals surface area contributed by atoms with Crippen molar-refractivity contribution in [3.8, 4) is 0 Å². The molecule has 1 unspecified atom stereocenters. The number of fused-ring (bicyclic) bond motifs is 1. The summed E-state index contributed by atoms with van der Waals surface area (Å²) in [4.78, 5) is 3.80. The summed E-state index contributed by atoms with van der Waals surface area (Å²) in [5, 5.41) is 21.9. The molecule has 5 N–H and O–H groups in total. The molecule has 0 saturated carbocycles. The Balaban J connectivity index is 1.72. The number of aliphatic hydroxyl groups is 1. The fourth-order valence-corrected chi connectivity index (χ4v) is 4.07. The van der Waals surface area contributed by atoms with E-state index < -0.39 is 6.23 Å². The summed E-state index contributed by atoms with van der Waals surface area (Å²) in [6, 6.07) is 0.361. The third kappa shape index (κ3) is 4.75. The fraction of sp³-hybridized carbons (Fsp3) is 0.650. The van der Waals surface area contributed by atoms with Crippen LogP contribution in [0.15, 0.2) is 36.4 Å². The van der Waals surface area contributed by atoms with Crippen LogP contribution in [0.2, 0.25) is 0 Å². The maximum Gasteiger partial charge on any atom is 0.124 e. The minimum absolute atomic E-state index is 0.0280. The summed E-state index contributed by atoms with van der Waals surface area (Å²) in [7, 11) is 1.90. The molecule has 0 radical (unpaired) electrons. The highest BCUT2D eigenvalue weighted by Crippen LogP contribution is 2.33. The molecular formula is C20H34N6O2. The van der Waals surface area contributed by atoms with Gasteiger partial charge in [-0.1, -0.05) is 6.58 Å². The molecule has 0 bridgehead atoms. The number of hydrazine groups is 1. The molecule has 0 spiro atoms. The first kappa shape index (κ1) is 20.9. The second kappa shape index (κ2) is 9.09. The van der Waals surface area contributed by atoms with E-state index in [2.05, 4.69) is 28.8 Å². The van der Waals surface area contributed by atoms with Crippen molar-refractivity contribution in [3.63, 3.8) is 0 Å². The number of allylic oxidation sites excluding steroid dienone is 1. The first-order valence-corrected chi connectivity index (χ1v) is 10.1. The van der Waals surface area contributed by atoms with E-state index in [9.17, 15) is 5.11 Å². The van der Waals surface area contributed by atoms with Crippen molar-refractivity contribution in [2.75, 3.05) is 26.7 Å². The monoisotopic (exact) mass is 390 g/mol. The molecule has 2 saturated heterocycles. The molecule has 3 rings (SSSR count). The van der Waals surface area contributed by atoms with Gasteiger partial charge in [0.15, 0.2) is 0 Å². The number of hydrogen-bond donors (Lipinski definition) is 5. The molecule has 156 valence electrons. The standard InChI is InChI=1S/C20H34N6O2/c1-5-22-17(11-18(21)26-9-8-25(4)19(27)12-26)20-15-10-14(28-13(2)3)6-7-16(15)23-24-20/h5-6,11,13,15-16,19-24,27H,1,7-10,12H2,2-4H3/t15-,16+,19+,20?/m0/s1. The first-order chi connectivity index (χ1) is 13.4.